The van der Waals surface area contributed by atoms with Crippen molar-refractivity contribution >= 4 is 11.6 Å². The van der Waals surface area contributed by atoms with Crippen LogP contribution in [-0.4, -0.2) is 0 Å². The topological polar surface area (TPSA) is 0 Å². The highest BCUT2D eigenvalue weighted by atomic mass is 35.5. The molecule has 14 heavy (non-hydrogen) atoms. The number of allylic oxidation sites excluding steroid dienone is 4. The Morgan fingerprint density at radius 2 is 2.14 bits per heavy atom. The van der Waals surface area contributed by atoms with Crippen molar-refractivity contribution in [1.29, 1.82) is 0 Å². The fourth-order valence-corrected chi connectivity index (χ4v) is 1.77. The smallest absolute Gasteiger partial charge is 0.128 e. The molecule has 1 aliphatic carbocycles. The van der Waals surface area contributed by atoms with Crippen LogP contribution in [0.4, 0.5) is 4.39 Å². The molecule has 0 aliphatic heterocycles. The van der Waals surface area contributed by atoms with Gasteiger partial charge >= 0.3 is 0 Å². The van der Waals surface area contributed by atoms with Crippen molar-refractivity contribution in [3.8, 4) is 0 Å². The van der Waals surface area contributed by atoms with E-state index in [0.29, 0.717) is 5.02 Å². The second kappa shape index (κ2) is 3.97. The van der Waals surface area contributed by atoms with Crippen LogP contribution >= 0.6 is 11.6 Å². The Hall–Kier alpha value is -1.08. The second-order valence-electron chi connectivity index (χ2n) is 3.32. The zero-order chi connectivity index (χ0) is 9.97. The average molecular weight is 209 g/mol. The van der Waals surface area contributed by atoms with E-state index in [1.165, 1.54) is 6.07 Å². The minimum absolute atomic E-state index is 0.150. The first-order chi connectivity index (χ1) is 6.77. The highest BCUT2D eigenvalue weighted by Gasteiger charge is 2.12. The molecule has 0 saturated carbocycles. The summed E-state index contributed by atoms with van der Waals surface area (Å²) in [5, 5.41) is 0.446. The molecule has 72 valence electrons. The molecule has 0 radical (unpaired) electrons. The van der Waals surface area contributed by atoms with Crippen molar-refractivity contribution < 1.29 is 4.39 Å². The van der Waals surface area contributed by atoms with Crippen molar-refractivity contribution in [2.75, 3.05) is 0 Å². The van der Waals surface area contributed by atoms with Gasteiger partial charge in [-0.25, -0.2) is 4.39 Å². The summed E-state index contributed by atoms with van der Waals surface area (Å²) in [6, 6.07) is 4.85. The molecule has 0 saturated heterocycles. The van der Waals surface area contributed by atoms with Crippen LogP contribution in [0.15, 0.2) is 42.5 Å². The minimum Gasteiger partial charge on any atom is -0.207 e. The minimum atomic E-state index is -0.220. The van der Waals surface area contributed by atoms with Crippen LogP contribution in [0.5, 0.6) is 0 Å². The number of rotatable bonds is 1. The summed E-state index contributed by atoms with van der Waals surface area (Å²) in [7, 11) is 0. The molecule has 1 atom stereocenters. The van der Waals surface area contributed by atoms with Crippen molar-refractivity contribution in [2.24, 2.45) is 0 Å². The summed E-state index contributed by atoms with van der Waals surface area (Å²) < 4.78 is 13.5. The van der Waals surface area contributed by atoms with Crippen LogP contribution in [0.3, 0.4) is 0 Å². The lowest BCUT2D eigenvalue weighted by Gasteiger charge is -2.14. The average Bonchev–Trinajstić information content (AvgIpc) is 2.19. The van der Waals surface area contributed by atoms with Gasteiger partial charge in [-0.05, 0) is 24.1 Å². The maximum Gasteiger partial charge on any atom is 0.128 e. The largest absolute Gasteiger partial charge is 0.207 e. The monoisotopic (exact) mass is 208 g/mol. The van der Waals surface area contributed by atoms with E-state index < -0.39 is 0 Å². The van der Waals surface area contributed by atoms with Gasteiger partial charge in [0.25, 0.3) is 0 Å². The van der Waals surface area contributed by atoms with E-state index >= 15 is 0 Å². The van der Waals surface area contributed by atoms with Crippen molar-refractivity contribution in [1.82, 2.24) is 0 Å². The van der Waals surface area contributed by atoms with E-state index in [9.17, 15) is 4.39 Å². The van der Waals surface area contributed by atoms with Gasteiger partial charge in [0, 0.05) is 10.9 Å². The molecule has 0 heterocycles. The zero-order valence-corrected chi connectivity index (χ0v) is 8.34. The highest BCUT2D eigenvalue weighted by molar-refractivity contribution is 6.30. The maximum absolute atomic E-state index is 13.5. The Labute approximate surface area is 87.7 Å². The summed E-state index contributed by atoms with van der Waals surface area (Å²) in [6.45, 7) is 0. The summed E-state index contributed by atoms with van der Waals surface area (Å²) in [4.78, 5) is 0. The predicted molar refractivity (Wildman–Crippen MR) is 57.0 cm³/mol. The lowest BCUT2D eigenvalue weighted by atomic mass is 9.92. The lowest BCUT2D eigenvalue weighted by molar-refractivity contribution is 0.599. The molecule has 0 spiro atoms. The summed E-state index contributed by atoms with van der Waals surface area (Å²) in [5.74, 6) is -0.0697. The van der Waals surface area contributed by atoms with Crippen LogP contribution in [0, 0.1) is 5.82 Å². The second-order valence-corrected chi connectivity index (χ2v) is 3.76. The van der Waals surface area contributed by atoms with Crippen LogP contribution in [0.1, 0.15) is 17.9 Å². The SMILES string of the molecule is Fc1cc(Cl)ccc1[C@H]1C=CC=CC1. The summed E-state index contributed by atoms with van der Waals surface area (Å²) in [5.41, 5.74) is 0.718. The normalized spacial score (nSPS) is 20.0. The molecule has 0 aromatic heterocycles. The van der Waals surface area contributed by atoms with Gasteiger partial charge in [0.2, 0.25) is 0 Å². The first-order valence-electron chi connectivity index (χ1n) is 4.55. The van der Waals surface area contributed by atoms with E-state index in [-0.39, 0.29) is 11.7 Å². The Morgan fingerprint density at radius 1 is 1.29 bits per heavy atom. The molecule has 2 rings (SSSR count). The third-order valence-corrected chi connectivity index (χ3v) is 2.58. The molecule has 1 aromatic carbocycles. The molecule has 0 bridgehead atoms. The molecule has 0 fully saturated rings. The molecule has 0 nitrogen and oxygen atoms in total. The zero-order valence-electron chi connectivity index (χ0n) is 7.58. The fourth-order valence-electron chi connectivity index (χ4n) is 1.61. The van der Waals surface area contributed by atoms with E-state index in [2.05, 4.69) is 0 Å². The number of halogens is 2. The van der Waals surface area contributed by atoms with E-state index in [1.54, 1.807) is 12.1 Å². The quantitative estimate of drug-likeness (QED) is 0.653. The first-order valence-corrected chi connectivity index (χ1v) is 4.93. The van der Waals surface area contributed by atoms with Crippen LogP contribution in [0.2, 0.25) is 5.02 Å². The Morgan fingerprint density at radius 3 is 2.79 bits per heavy atom. The Kier molecular flexibility index (Phi) is 2.69. The highest BCUT2D eigenvalue weighted by Crippen LogP contribution is 2.28. The molecule has 0 unspecified atom stereocenters. The number of benzene rings is 1. The standard InChI is InChI=1S/C12H10ClF/c13-10-6-7-11(12(14)8-10)9-4-2-1-3-5-9/h1-4,6-9H,5H2/t9-/m0/s1. The Balaban J connectivity index is 2.32. The van der Waals surface area contributed by atoms with Crippen molar-refractivity contribution in [2.45, 2.75) is 12.3 Å². The van der Waals surface area contributed by atoms with Crippen LogP contribution < -0.4 is 0 Å². The Bertz CT molecular complexity index is 393. The molecule has 2 heteroatoms. The van der Waals surface area contributed by atoms with Crippen molar-refractivity contribution in [3.63, 3.8) is 0 Å². The number of hydrogen-bond acceptors (Lipinski definition) is 0. The van der Waals surface area contributed by atoms with Gasteiger partial charge in [-0.3, -0.25) is 0 Å². The van der Waals surface area contributed by atoms with Crippen LogP contribution in [-0.2, 0) is 0 Å². The van der Waals surface area contributed by atoms with E-state index in [4.69, 9.17) is 11.6 Å². The lowest BCUT2D eigenvalue weighted by Crippen LogP contribution is -1.99. The van der Waals surface area contributed by atoms with Gasteiger partial charge in [0.1, 0.15) is 5.82 Å². The molecule has 1 aromatic rings. The van der Waals surface area contributed by atoms with Gasteiger partial charge in [-0.2, -0.15) is 0 Å². The first kappa shape index (κ1) is 9.47. The predicted octanol–water partition coefficient (Wildman–Crippen LogP) is 4.08. The molecule has 1 aliphatic rings. The third kappa shape index (κ3) is 1.88. The van der Waals surface area contributed by atoms with Gasteiger partial charge < -0.3 is 0 Å². The summed E-state index contributed by atoms with van der Waals surface area (Å²) in [6.07, 6.45) is 8.83. The fraction of sp³-hybridized carbons (Fsp3) is 0.167. The molecular weight excluding hydrogens is 199 g/mol. The third-order valence-electron chi connectivity index (χ3n) is 2.34. The molecule has 0 N–H and O–H groups in total. The van der Waals surface area contributed by atoms with Crippen molar-refractivity contribution in [3.05, 3.63) is 58.9 Å². The number of hydrogen-bond donors (Lipinski definition) is 0. The van der Waals surface area contributed by atoms with Gasteiger partial charge in [0.15, 0.2) is 0 Å². The molecule has 0 amide bonds. The van der Waals surface area contributed by atoms with Gasteiger partial charge in [-0.15, -0.1) is 0 Å². The van der Waals surface area contributed by atoms with Gasteiger partial charge in [0.05, 0.1) is 0 Å². The van der Waals surface area contributed by atoms with E-state index in [0.717, 1.165) is 12.0 Å². The van der Waals surface area contributed by atoms with E-state index in [1.807, 2.05) is 24.3 Å². The summed E-state index contributed by atoms with van der Waals surface area (Å²) >= 11 is 5.68. The molecular formula is C12H10ClF. The van der Waals surface area contributed by atoms with Gasteiger partial charge in [-0.1, -0.05) is 42.0 Å². The maximum atomic E-state index is 13.5. The van der Waals surface area contributed by atoms with Crippen LogP contribution in [0.25, 0.3) is 0 Å².